The largest absolute Gasteiger partial charge is 0.478 e. The molecule has 5 nitrogen and oxygen atoms in total. The van der Waals surface area contributed by atoms with Gasteiger partial charge in [0.15, 0.2) is 9.84 Å². The summed E-state index contributed by atoms with van der Waals surface area (Å²) >= 11 is 0. The van der Waals surface area contributed by atoms with Crippen LogP contribution in [0.3, 0.4) is 0 Å². The van der Waals surface area contributed by atoms with Crippen LogP contribution in [0.5, 0.6) is 0 Å². The van der Waals surface area contributed by atoms with Crippen LogP contribution in [0.4, 0.5) is 35.1 Å². The molecule has 0 bridgehead atoms. The Labute approximate surface area is 277 Å². The van der Waals surface area contributed by atoms with E-state index in [1.807, 2.05) is 6.92 Å². The second-order valence-corrected chi connectivity index (χ2v) is 15.4. The topological polar surface area (TPSA) is 74.7 Å². The van der Waals surface area contributed by atoms with E-state index >= 15 is 4.39 Å². The monoisotopic (exact) mass is 715 g/mol. The van der Waals surface area contributed by atoms with Gasteiger partial charge in [-0.25, -0.2) is 22.0 Å². The van der Waals surface area contributed by atoms with E-state index in [1.54, 1.807) is 12.1 Å². The number of halogens is 8. The van der Waals surface area contributed by atoms with Gasteiger partial charge in [-0.15, -0.1) is 0 Å². The fraction of sp³-hybridized carbons (Fsp3) is 0.457. The third-order valence-corrected chi connectivity index (χ3v) is 13.4. The first kappa shape index (κ1) is 35.3. The summed E-state index contributed by atoms with van der Waals surface area (Å²) in [5, 5.41) is 9.61. The Hall–Kier alpha value is -3.52. The molecule has 0 unspecified atom stereocenters. The third kappa shape index (κ3) is 5.10. The van der Waals surface area contributed by atoms with Crippen LogP contribution in [-0.4, -0.2) is 49.3 Å². The van der Waals surface area contributed by atoms with Crippen LogP contribution < -0.4 is 0 Å². The fourth-order valence-corrected chi connectivity index (χ4v) is 11.0. The smallest absolute Gasteiger partial charge is 0.435 e. The van der Waals surface area contributed by atoms with Gasteiger partial charge in [-0.3, -0.25) is 4.90 Å². The van der Waals surface area contributed by atoms with E-state index in [2.05, 4.69) is 4.90 Å². The maximum Gasteiger partial charge on any atom is 0.435 e. The standard InChI is InChI=1S/C35H33F8NO4S/c1-2-3-15-31(16-14-22-19-23(30(45)46)4-11-27(22)31)44-18-17-32(49(47,48)26-9-7-25(36)8-10-26)28-12-6-24(20-21(28)5-13-29(32)44)33(37,34(38,39)40)35(41,42)43/h4,6-12,19-20,29H,2-3,5,13-18H2,1H3,(H,45,46)/t29-,31+,32-/m0/s1. The Kier molecular flexibility index (Phi) is 8.49. The Morgan fingerprint density at radius 2 is 1.51 bits per heavy atom. The number of carbonyl (C=O) groups is 1. The van der Waals surface area contributed by atoms with Crippen LogP contribution in [0, 0.1) is 5.82 Å². The lowest BCUT2D eigenvalue weighted by Gasteiger charge is -2.49. The van der Waals surface area contributed by atoms with E-state index in [-0.39, 0.29) is 47.4 Å². The normalized spacial score (nSPS) is 24.4. The number of rotatable bonds is 8. The summed E-state index contributed by atoms with van der Waals surface area (Å²) in [4.78, 5) is 13.6. The van der Waals surface area contributed by atoms with Crippen molar-refractivity contribution in [2.75, 3.05) is 6.54 Å². The van der Waals surface area contributed by atoms with Crippen molar-refractivity contribution in [3.05, 3.63) is 99.9 Å². The maximum absolute atomic E-state index is 15.2. The zero-order valence-corrected chi connectivity index (χ0v) is 27.1. The number of carboxylic acids is 1. The molecule has 1 fully saturated rings. The minimum absolute atomic E-state index is 0.00458. The lowest BCUT2D eigenvalue weighted by Crippen LogP contribution is -2.56. The number of nitrogens with zero attached hydrogens (tertiary/aromatic N) is 1. The van der Waals surface area contributed by atoms with Crippen molar-refractivity contribution in [1.29, 1.82) is 0 Å². The minimum atomic E-state index is -6.35. The Morgan fingerprint density at radius 1 is 0.878 bits per heavy atom. The number of fused-ring (bicyclic) bond motifs is 4. The van der Waals surface area contributed by atoms with Crippen LogP contribution in [0.15, 0.2) is 65.6 Å². The van der Waals surface area contributed by atoms with Crippen LogP contribution in [-0.2, 0) is 38.6 Å². The molecule has 3 aliphatic rings. The van der Waals surface area contributed by atoms with E-state index in [4.69, 9.17) is 0 Å². The number of hydrogen-bond donors (Lipinski definition) is 1. The van der Waals surface area contributed by atoms with E-state index in [9.17, 15) is 49.1 Å². The Bertz CT molecular complexity index is 1880. The summed E-state index contributed by atoms with van der Waals surface area (Å²) in [5.74, 6) is -1.81. The average Bonchev–Trinajstić information content (AvgIpc) is 3.62. The summed E-state index contributed by atoms with van der Waals surface area (Å²) in [5.41, 5.74) is -6.53. The van der Waals surface area contributed by atoms with E-state index in [0.29, 0.717) is 31.4 Å². The van der Waals surface area contributed by atoms with E-state index in [0.717, 1.165) is 54.3 Å². The second-order valence-electron chi connectivity index (χ2n) is 13.2. The SMILES string of the molecule is CCCC[C@@]1(N2CC[C@]3(S(=O)(=O)c4ccc(F)cc4)c4ccc(C(F)(C(F)(F)F)C(F)(F)F)cc4CC[C@H]23)CCc2cc(C(=O)O)ccc21. The van der Waals surface area contributed by atoms with Gasteiger partial charge in [-0.05, 0) is 97.2 Å². The molecule has 1 heterocycles. The minimum Gasteiger partial charge on any atom is -0.478 e. The second kappa shape index (κ2) is 11.8. The Balaban J connectivity index is 1.56. The zero-order chi connectivity index (χ0) is 35.8. The lowest BCUT2D eigenvalue weighted by atomic mass is 9.75. The Morgan fingerprint density at radius 3 is 2.12 bits per heavy atom. The molecule has 0 spiro atoms. The molecule has 1 aliphatic heterocycles. The van der Waals surface area contributed by atoms with E-state index in [1.165, 1.54) is 6.07 Å². The molecule has 14 heteroatoms. The molecular weight excluding hydrogens is 682 g/mol. The summed E-state index contributed by atoms with van der Waals surface area (Å²) < 4.78 is 140. The number of aromatic carboxylic acids is 1. The highest BCUT2D eigenvalue weighted by Gasteiger charge is 2.74. The molecule has 3 atom stereocenters. The molecular formula is C35H33F8NO4S. The zero-order valence-electron chi connectivity index (χ0n) is 26.3. The summed E-state index contributed by atoms with van der Waals surface area (Å²) in [6.45, 7) is 2.17. The number of alkyl halides is 7. The number of unbranched alkanes of at least 4 members (excludes halogenated alkanes) is 1. The van der Waals surface area contributed by atoms with Crippen molar-refractivity contribution in [2.45, 2.75) is 97.5 Å². The molecule has 1 saturated heterocycles. The van der Waals surface area contributed by atoms with Crippen molar-refractivity contribution >= 4 is 15.8 Å². The summed E-state index contributed by atoms with van der Waals surface area (Å²) in [6, 6.07) is 9.82. The first-order valence-corrected chi connectivity index (χ1v) is 17.4. The van der Waals surface area contributed by atoms with E-state index < -0.39 is 61.5 Å². The summed E-state index contributed by atoms with van der Waals surface area (Å²) in [7, 11) is -4.53. The first-order valence-electron chi connectivity index (χ1n) is 15.9. The highest BCUT2D eigenvalue weighted by Crippen LogP contribution is 2.60. The molecule has 264 valence electrons. The van der Waals surface area contributed by atoms with Gasteiger partial charge < -0.3 is 5.11 Å². The molecule has 0 aromatic heterocycles. The van der Waals surface area contributed by atoms with Gasteiger partial charge in [-0.1, -0.05) is 44.0 Å². The maximum atomic E-state index is 15.2. The van der Waals surface area contributed by atoms with Gasteiger partial charge >= 0.3 is 24.0 Å². The highest BCUT2D eigenvalue weighted by atomic mass is 32.2. The quantitative estimate of drug-likeness (QED) is 0.187. The molecule has 0 saturated carbocycles. The molecule has 3 aromatic rings. The van der Waals surface area contributed by atoms with Gasteiger partial charge in [0.05, 0.1) is 10.5 Å². The van der Waals surface area contributed by atoms with Crippen molar-refractivity contribution in [1.82, 2.24) is 4.90 Å². The third-order valence-electron chi connectivity index (χ3n) is 10.8. The van der Waals surface area contributed by atoms with Gasteiger partial charge in [0.1, 0.15) is 10.6 Å². The molecule has 3 aromatic carbocycles. The predicted molar refractivity (Wildman–Crippen MR) is 163 cm³/mol. The highest BCUT2D eigenvalue weighted by molar-refractivity contribution is 7.92. The molecule has 2 aliphatic carbocycles. The molecule has 1 N–H and O–H groups in total. The van der Waals surface area contributed by atoms with Gasteiger partial charge in [0, 0.05) is 23.7 Å². The van der Waals surface area contributed by atoms with Crippen molar-refractivity contribution < 1.29 is 53.4 Å². The predicted octanol–water partition coefficient (Wildman–Crippen LogP) is 8.53. The fourth-order valence-electron chi connectivity index (χ4n) is 8.60. The van der Waals surface area contributed by atoms with Gasteiger partial charge in [0.25, 0.3) is 0 Å². The van der Waals surface area contributed by atoms with Crippen molar-refractivity contribution in [2.24, 2.45) is 0 Å². The number of aryl methyl sites for hydroxylation is 2. The van der Waals surface area contributed by atoms with Crippen LogP contribution in [0.2, 0.25) is 0 Å². The number of hydrogen-bond acceptors (Lipinski definition) is 4. The molecule has 6 rings (SSSR count). The average molecular weight is 716 g/mol. The number of carboxylic acid groups (broad SMARTS) is 1. The summed E-state index contributed by atoms with van der Waals surface area (Å²) in [6.07, 6.45) is -9.78. The molecule has 0 amide bonds. The number of benzene rings is 3. The number of likely N-dealkylation sites (tertiary alicyclic amines) is 1. The van der Waals surface area contributed by atoms with Gasteiger partial charge in [-0.2, -0.15) is 26.3 Å². The van der Waals surface area contributed by atoms with Crippen molar-refractivity contribution in [3.63, 3.8) is 0 Å². The van der Waals surface area contributed by atoms with Crippen LogP contribution >= 0.6 is 0 Å². The first-order chi connectivity index (χ1) is 22.8. The van der Waals surface area contributed by atoms with Gasteiger partial charge in [0.2, 0.25) is 0 Å². The van der Waals surface area contributed by atoms with Crippen LogP contribution in [0.1, 0.15) is 83.6 Å². The van der Waals surface area contributed by atoms with Crippen molar-refractivity contribution in [3.8, 4) is 0 Å². The lowest BCUT2D eigenvalue weighted by molar-refractivity contribution is -0.348. The molecule has 0 radical (unpaired) electrons. The number of sulfone groups is 1. The van der Waals surface area contributed by atoms with Crippen LogP contribution in [0.25, 0.3) is 0 Å². The molecule has 49 heavy (non-hydrogen) atoms.